The second-order valence-corrected chi connectivity index (χ2v) is 4.85. The van der Waals surface area contributed by atoms with Crippen molar-refractivity contribution in [1.29, 1.82) is 0 Å². The standard InChI is InChI=1S/C13H19NS/c1-2-11-5-3-4-6-13(11)12-7-9-14(15)10-8-12/h3-6,12,15H,2,7-10H2,1H3. The quantitative estimate of drug-likeness (QED) is 0.750. The van der Waals surface area contributed by atoms with Gasteiger partial charge in [0.15, 0.2) is 0 Å². The summed E-state index contributed by atoms with van der Waals surface area (Å²) in [7, 11) is 0. The van der Waals surface area contributed by atoms with E-state index in [0.29, 0.717) is 0 Å². The summed E-state index contributed by atoms with van der Waals surface area (Å²) in [6.45, 7) is 4.48. The maximum Gasteiger partial charge on any atom is 0.00928 e. The van der Waals surface area contributed by atoms with Crippen molar-refractivity contribution in [2.24, 2.45) is 0 Å². The molecule has 1 nitrogen and oxygen atoms in total. The molecular formula is C13H19NS. The molecule has 15 heavy (non-hydrogen) atoms. The fourth-order valence-electron chi connectivity index (χ4n) is 2.43. The Morgan fingerprint density at radius 3 is 2.60 bits per heavy atom. The number of piperidine rings is 1. The Hall–Kier alpha value is -0.470. The van der Waals surface area contributed by atoms with Gasteiger partial charge in [-0.15, -0.1) is 0 Å². The first-order valence-electron chi connectivity index (χ1n) is 5.83. The molecule has 0 amide bonds. The molecule has 0 aliphatic carbocycles. The molecule has 0 radical (unpaired) electrons. The summed E-state index contributed by atoms with van der Waals surface area (Å²) in [5, 5.41) is 0. The van der Waals surface area contributed by atoms with Crippen LogP contribution in [0.4, 0.5) is 0 Å². The van der Waals surface area contributed by atoms with Crippen LogP contribution in [-0.2, 0) is 6.42 Å². The lowest BCUT2D eigenvalue weighted by atomic mass is 9.86. The van der Waals surface area contributed by atoms with Crippen LogP contribution in [-0.4, -0.2) is 17.4 Å². The summed E-state index contributed by atoms with van der Waals surface area (Å²) in [4.78, 5) is 0. The molecule has 0 spiro atoms. The number of hydrogen-bond donors (Lipinski definition) is 1. The zero-order valence-corrected chi connectivity index (χ0v) is 10.2. The van der Waals surface area contributed by atoms with Crippen molar-refractivity contribution in [3.05, 3.63) is 35.4 Å². The summed E-state index contributed by atoms with van der Waals surface area (Å²) in [5.41, 5.74) is 3.09. The van der Waals surface area contributed by atoms with Crippen LogP contribution in [0.2, 0.25) is 0 Å². The van der Waals surface area contributed by atoms with E-state index in [1.54, 1.807) is 5.56 Å². The van der Waals surface area contributed by atoms with Gasteiger partial charge in [0.25, 0.3) is 0 Å². The molecule has 1 aliphatic heterocycles. The van der Waals surface area contributed by atoms with E-state index in [9.17, 15) is 0 Å². The van der Waals surface area contributed by atoms with Crippen LogP contribution in [0, 0.1) is 0 Å². The Balaban J connectivity index is 2.15. The highest BCUT2D eigenvalue weighted by Gasteiger charge is 2.20. The lowest BCUT2D eigenvalue weighted by Gasteiger charge is -2.29. The second kappa shape index (κ2) is 5.04. The van der Waals surface area contributed by atoms with E-state index in [2.05, 4.69) is 48.3 Å². The van der Waals surface area contributed by atoms with Crippen LogP contribution >= 0.6 is 12.8 Å². The van der Waals surface area contributed by atoms with Gasteiger partial charge in [0.1, 0.15) is 0 Å². The highest BCUT2D eigenvalue weighted by molar-refractivity contribution is 7.77. The van der Waals surface area contributed by atoms with Crippen molar-refractivity contribution in [1.82, 2.24) is 4.31 Å². The van der Waals surface area contributed by atoms with Gasteiger partial charge in [-0.25, -0.2) is 0 Å². The van der Waals surface area contributed by atoms with Gasteiger partial charge < -0.3 is 0 Å². The van der Waals surface area contributed by atoms with Crippen molar-refractivity contribution in [3.8, 4) is 0 Å². The van der Waals surface area contributed by atoms with E-state index >= 15 is 0 Å². The molecule has 2 heteroatoms. The SMILES string of the molecule is CCc1ccccc1C1CCN(S)CC1. The van der Waals surface area contributed by atoms with E-state index in [4.69, 9.17) is 0 Å². The lowest BCUT2D eigenvalue weighted by molar-refractivity contribution is 0.348. The van der Waals surface area contributed by atoms with Crippen LogP contribution in [0.25, 0.3) is 0 Å². The summed E-state index contributed by atoms with van der Waals surface area (Å²) >= 11 is 4.40. The number of thiol groups is 1. The zero-order chi connectivity index (χ0) is 10.7. The molecule has 0 unspecified atom stereocenters. The van der Waals surface area contributed by atoms with Gasteiger partial charge in [-0.3, -0.25) is 4.31 Å². The molecule has 1 saturated heterocycles. The Morgan fingerprint density at radius 2 is 1.93 bits per heavy atom. The summed E-state index contributed by atoms with van der Waals surface area (Å²) < 4.78 is 2.13. The molecule has 1 aromatic carbocycles. The molecular weight excluding hydrogens is 202 g/mol. The molecule has 1 heterocycles. The van der Waals surface area contributed by atoms with Crippen molar-refractivity contribution >= 4 is 12.8 Å². The first-order valence-corrected chi connectivity index (χ1v) is 6.23. The largest absolute Gasteiger partial charge is 0.253 e. The summed E-state index contributed by atoms with van der Waals surface area (Å²) in [6.07, 6.45) is 3.65. The smallest absolute Gasteiger partial charge is 0.00928 e. The Morgan fingerprint density at radius 1 is 1.27 bits per heavy atom. The van der Waals surface area contributed by atoms with E-state index in [-0.39, 0.29) is 0 Å². The minimum absolute atomic E-state index is 0.754. The Bertz CT molecular complexity index is 316. The molecule has 82 valence electrons. The first kappa shape index (κ1) is 11.0. The first-order chi connectivity index (χ1) is 7.31. The normalized spacial score (nSPS) is 19.3. The van der Waals surface area contributed by atoms with Crippen LogP contribution in [0.5, 0.6) is 0 Å². The molecule has 2 rings (SSSR count). The van der Waals surface area contributed by atoms with Gasteiger partial charge in [0.2, 0.25) is 0 Å². The average Bonchev–Trinajstić information content (AvgIpc) is 2.30. The average molecular weight is 221 g/mol. The molecule has 0 N–H and O–H groups in total. The van der Waals surface area contributed by atoms with Crippen LogP contribution in [0.3, 0.4) is 0 Å². The lowest BCUT2D eigenvalue weighted by Crippen LogP contribution is -2.25. The Kier molecular flexibility index (Phi) is 3.71. The number of benzene rings is 1. The fraction of sp³-hybridized carbons (Fsp3) is 0.538. The van der Waals surface area contributed by atoms with Gasteiger partial charge in [-0.2, -0.15) is 0 Å². The molecule has 1 aromatic rings. The van der Waals surface area contributed by atoms with E-state index in [0.717, 1.165) is 25.4 Å². The van der Waals surface area contributed by atoms with Crippen molar-refractivity contribution in [2.45, 2.75) is 32.1 Å². The summed E-state index contributed by atoms with van der Waals surface area (Å²) in [6, 6.07) is 8.89. The number of aryl methyl sites for hydroxylation is 1. The number of rotatable bonds is 2. The number of hydrogen-bond acceptors (Lipinski definition) is 2. The highest BCUT2D eigenvalue weighted by atomic mass is 32.1. The van der Waals surface area contributed by atoms with E-state index in [1.165, 1.54) is 18.4 Å². The van der Waals surface area contributed by atoms with E-state index in [1.807, 2.05) is 0 Å². The molecule has 1 fully saturated rings. The van der Waals surface area contributed by atoms with Crippen LogP contribution in [0.15, 0.2) is 24.3 Å². The zero-order valence-electron chi connectivity index (χ0n) is 9.32. The molecule has 1 aliphatic rings. The summed E-state index contributed by atoms with van der Waals surface area (Å²) in [5.74, 6) is 0.754. The third kappa shape index (κ3) is 2.56. The number of nitrogens with zero attached hydrogens (tertiary/aromatic N) is 1. The van der Waals surface area contributed by atoms with Crippen molar-refractivity contribution in [3.63, 3.8) is 0 Å². The van der Waals surface area contributed by atoms with Gasteiger partial charge in [0, 0.05) is 13.1 Å². The van der Waals surface area contributed by atoms with Crippen LogP contribution in [0.1, 0.15) is 36.8 Å². The minimum atomic E-state index is 0.754. The van der Waals surface area contributed by atoms with Crippen LogP contribution < -0.4 is 0 Å². The predicted molar refractivity (Wildman–Crippen MR) is 68.4 cm³/mol. The maximum absolute atomic E-state index is 4.40. The van der Waals surface area contributed by atoms with Gasteiger partial charge in [-0.1, -0.05) is 44.0 Å². The second-order valence-electron chi connectivity index (χ2n) is 4.28. The third-order valence-corrected chi connectivity index (χ3v) is 3.75. The van der Waals surface area contributed by atoms with Crippen molar-refractivity contribution in [2.75, 3.05) is 13.1 Å². The van der Waals surface area contributed by atoms with Gasteiger partial charge >= 0.3 is 0 Å². The topological polar surface area (TPSA) is 3.24 Å². The van der Waals surface area contributed by atoms with Crippen molar-refractivity contribution < 1.29 is 0 Å². The Labute approximate surface area is 98.0 Å². The third-order valence-electron chi connectivity index (χ3n) is 3.35. The van der Waals surface area contributed by atoms with Gasteiger partial charge in [-0.05, 0) is 36.3 Å². The molecule has 0 aromatic heterocycles. The minimum Gasteiger partial charge on any atom is -0.253 e. The molecule has 0 saturated carbocycles. The fourth-order valence-corrected chi connectivity index (χ4v) is 2.66. The monoisotopic (exact) mass is 221 g/mol. The van der Waals surface area contributed by atoms with E-state index < -0.39 is 0 Å². The van der Waals surface area contributed by atoms with Gasteiger partial charge in [0.05, 0.1) is 0 Å². The highest BCUT2D eigenvalue weighted by Crippen LogP contribution is 2.30. The molecule has 0 bridgehead atoms. The molecule has 0 atom stereocenters. The maximum atomic E-state index is 4.40. The predicted octanol–water partition coefficient (Wildman–Crippen LogP) is 3.27.